The van der Waals surface area contributed by atoms with Crippen molar-refractivity contribution in [1.82, 2.24) is 9.97 Å². The lowest BCUT2D eigenvalue weighted by Crippen LogP contribution is -2.18. The smallest absolute Gasteiger partial charge is 0.117 e. The largest absolute Gasteiger partial charge is 0.241 e. The third-order valence-electron chi connectivity index (χ3n) is 2.38. The molecule has 0 aliphatic carbocycles. The van der Waals surface area contributed by atoms with Gasteiger partial charge < -0.3 is 0 Å². The highest BCUT2D eigenvalue weighted by Crippen LogP contribution is 2.26. The van der Waals surface area contributed by atoms with Gasteiger partial charge in [0.1, 0.15) is 12.0 Å². The zero-order chi connectivity index (χ0) is 10.6. The van der Waals surface area contributed by atoms with Gasteiger partial charge in [-0.3, -0.25) is 0 Å². The first kappa shape index (κ1) is 10.7. The third-order valence-corrected chi connectivity index (χ3v) is 2.38. The van der Waals surface area contributed by atoms with Crippen LogP contribution in [0.25, 0.3) is 0 Å². The number of nitrogens with zero attached hydrogens (tertiary/aromatic N) is 2. The van der Waals surface area contributed by atoms with Gasteiger partial charge in [-0.05, 0) is 12.5 Å². The molecule has 0 aliphatic rings. The van der Waals surface area contributed by atoms with Crippen LogP contribution in [-0.4, -0.2) is 9.97 Å². The maximum Gasteiger partial charge on any atom is 0.117 e. The van der Waals surface area contributed by atoms with Crippen LogP contribution in [0.5, 0.6) is 0 Å². The minimum atomic E-state index is 0.0866. The molecule has 0 N–H and O–H groups in total. The van der Waals surface area contributed by atoms with Crippen LogP contribution >= 0.6 is 0 Å². The van der Waals surface area contributed by atoms with Crippen LogP contribution < -0.4 is 0 Å². The number of hydrogen-bond donors (Lipinski definition) is 0. The van der Waals surface area contributed by atoms with E-state index in [1.165, 1.54) is 0 Å². The van der Waals surface area contributed by atoms with Gasteiger partial charge in [-0.1, -0.05) is 33.1 Å². The second-order valence-electron chi connectivity index (χ2n) is 4.07. The zero-order valence-electron chi connectivity index (χ0n) is 9.04. The summed E-state index contributed by atoms with van der Waals surface area (Å²) in [5.74, 6) is 2.53. The molecular weight excluding hydrogens is 172 g/mol. The molecule has 0 amide bonds. The lowest BCUT2D eigenvalue weighted by molar-refractivity contribution is 0.458. The molecule has 0 aromatic carbocycles. The van der Waals surface area contributed by atoms with E-state index in [4.69, 9.17) is 6.42 Å². The molecule has 0 fully saturated rings. The van der Waals surface area contributed by atoms with Crippen molar-refractivity contribution in [3.05, 3.63) is 23.8 Å². The van der Waals surface area contributed by atoms with Crippen molar-refractivity contribution in [1.29, 1.82) is 0 Å². The van der Waals surface area contributed by atoms with Crippen LogP contribution in [-0.2, 0) is 5.41 Å². The van der Waals surface area contributed by atoms with Gasteiger partial charge in [0.15, 0.2) is 0 Å². The summed E-state index contributed by atoms with van der Waals surface area (Å²) in [5, 5.41) is 0. The number of aromatic nitrogens is 2. The van der Waals surface area contributed by atoms with Gasteiger partial charge in [0.2, 0.25) is 0 Å². The van der Waals surface area contributed by atoms with Crippen molar-refractivity contribution >= 4 is 0 Å². The first-order chi connectivity index (χ1) is 6.60. The fraction of sp³-hybridized carbons (Fsp3) is 0.500. The van der Waals surface area contributed by atoms with Crippen LogP contribution in [0, 0.1) is 12.3 Å². The second kappa shape index (κ2) is 4.23. The van der Waals surface area contributed by atoms with Crippen LogP contribution in [0.4, 0.5) is 0 Å². The van der Waals surface area contributed by atoms with E-state index in [1.807, 2.05) is 6.07 Å². The summed E-state index contributed by atoms with van der Waals surface area (Å²) in [7, 11) is 0. The monoisotopic (exact) mass is 188 g/mol. The maximum atomic E-state index is 5.30. The molecule has 1 rings (SSSR count). The molecule has 0 spiro atoms. The molecule has 1 aromatic rings. The minimum absolute atomic E-state index is 0.0866. The lowest BCUT2D eigenvalue weighted by Gasteiger charge is -2.22. The number of terminal acetylenes is 1. The van der Waals surface area contributed by atoms with Crippen molar-refractivity contribution in [3.8, 4) is 12.3 Å². The van der Waals surface area contributed by atoms with Gasteiger partial charge in [0.25, 0.3) is 0 Å². The highest BCUT2D eigenvalue weighted by Gasteiger charge is 2.21. The highest BCUT2D eigenvalue weighted by atomic mass is 14.8. The van der Waals surface area contributed by atoms with Gasteiger partial charge in [-0.25, -0.2) is 9.97 Å². The summed E-state index contributed by atoms with van der Waals surface area (Å²) < 4.78 is 0. The molecule has 0 aliphatic heterocycles. The fourth-order valence-electron chi connectivity index (χ4n) is 1.56. The lowest BCUT2D eigenvalue weighted by atomic mass is 9.84. The normalized spacial score (nSPS) is 11.0. The van der Waals surface area contributed by atoms with Crippen LogP contribution in [0.15, 0.2) is 12.4 Å². The van der Waals surface area contributed by atoms with E-state index in [0.717, 1.165) is 18.5 Å². The predicted molar refractivity (Wildman–Crippen MR) is 57.9 cm³/mol. The quantitative estimate of drug-likeness (QED) is 0.681. The molecule has 0 saturated carbocycles. The molecule has 0 bridgehead atoms. The molecule has 1 aromatic heterocycles. The minimum Gasteiger partial charge on any atom is -0.241 e. The summed E-state index contributed by atoms with van der Waals surface area (Å²) in [6.07, 6.45) is 9.09. The average molecular weight is 188 g/mol. The molecule has 74 valence electrons. The van der Waals surface area contributed by atoms with Gasteiger partial charge in [0.05, 0.1) is 5.69 Å². The van der Waals surface area contributed by atoms with E-state index in [2.05, 4.69) is 36.7 Å². The van der Waals surface area contributed by atoms with E-state index in [9.17, 15) is 0 Å². The van der Waals surface area contributed by atoms with E-state index in [-0.39, 0.29) is 5.41 Å². The van der Waals surface area contributed by atoms with Crippen LogP contribution in [0.3, 0.4) is 0 Å². The van der Waals surface area contributed by atoms with E-state index >= 15 is 0 Å². The summed E-state index contributed by atoms with van der Waals surface area (Å²) in [6.45, 7) is 6.53. The van der Waals surface area contributed by atoms with Gasteiger partial charge in [-0.2, -0.15) is 0 Å². The Morgan fingerprint density at radius 3 is 2.71 bits per heavy atom. The molecule has 0 saturated heterocycles. The van der Waals surface area contributed by atoms with Gasteiger partial charge >= 0.3 is 0 Å². The Hall–Kier alpha value is -1.36. The first-order valence-corrected chi connectivity index (χ1v) is 4.89. The van der Waals surface area contributed by atoms with Crippen LogP contribution in [0.2, 0.25) is 0 Å². The number of rotatable bonds is 3. The number of hydrogen-bond acceptors (Lipinski definition) is 2. The third kappa shape index (κ3) is 2.32. The van der Waals surface area contributed by atoms with Crippen LogP contribution in [0.1, 0.15) is 45.0 Å². The molecule has 1 heterocycles. The van der Waals surface area contributed by atoms with Crippen molar-refractivity contribution in [3.63, 3.8) is 0 Å². The second-order valence-corrected chi connectivity index (χ2v) is 4.07. The topological polar surface area (TPSA) is 25.8 Å². The first-order valence-electron chi connectivity index (χ1n) is 4.89. The Morgan fingerprint density at radius 1 is 1.43 bits per heavy atom. The molecule has 2 heteroatoms. The van der Waals surface area contributed by atoms with E-state index in [1.54, 1.807) is 6.33 Å². The standard InChI is InChI=1S/C12H16N2/c1-5-7-12(3,4)11-8-10(6-2)13-9-14-11/h2,8-9H,5,7H2,1,3-4H3. The summed E-state index contributed by atoms with van der Waals surface area (Å²) >= 11 is 0. The summed E-state index contributed by atoms with van der Waals surface area (Å²) in [5.41, 5.74) is 1.78. The predicted octanol–water partition coefficient (Wildman–Crippen LogP) is 2.54. The molecule has 2 nitrogen and oxygen atoms in total. The Labute approximate surface area is 85.8 Å². The maximum absolute atomic E-state index is 5.30. The van der Waals surface area contributed by atoms with Crippen molar-refractivity contribution in [2.24, 2.45) is 0 Å². The Balaban J connectivity index is 3.01. The van der Waals surface area contributed by atoms with E-state index < -0.39 is 0 Å². The molecule has 0 atom stereocenters. The SMILES string of the molecule is C#Cc1cc(C(C)(C)CCC)ncn1. The molecule has 0 radical (unpaired) electrons. The molecule has 0 unspecified atom stereocenters. The Bertz CT molecular complexity index is 348. The fourth-order valence-corrected chi connectivity index (χ4v) is 1.56. The Kier molecular flexibility index (Phi) is 3.24. The summed E-state index contributed by atoms with van der Waals surface area (Å²) in [4.78, 5) is 8.26. The molecule has 14 heavy (non-hydrogen) atoms. The molecular formula is C12H16N2. The Morgan fingerprint density at radius 2 is 2.14 bits per heavy atom. The summed E-state index contributed by atoms with van der Waals surface area (Å²) in [6, 6.07) is 1.90. The highest BCUT2D eigenvalue weighted by molar-refractivity contribution is 5.27. The van der Waals surface area contributed by atoms with E-state index in [0.29, 0.717) is 5.69 Å². The van der Waals surface area contributed by atoms with Gasteiger partial charge in [0, 0.05) is 5.41 Å². The van der Waals surface area contributed by atoms with Crippen molar-refractivity contribution in [2.75, 3.05) is 0 Å². The average Bonchev–Trinajstić information content (AvgIpc) is 2.18. The van der Waals surface area contributed by atoms with Gasteiger partial charge in [-0.15, -0.1) is 6.42 Å². The zero-order valence-corrected chi connectivity index (χ0v) is 9.04. The van der Waals surface area contributed by atoms with Crippen molar-refractivity contribution in [2.45, 2.75) is 39.0 Å². The van der Waals surface area contributed by atoms with Crippen molar-refractivity contribution < 1.29 is 0 Å².